The number of aromatic nitrogens is 1. The summed E-state index contributed by atoms with van der Waals surface area (Å²) in [7, 11) is 0. The van der Waals surface area contributed by atoms with Gasteiger partial charge in [-0.05, 0) is 30.1 Å². The maximum absolute atomic E-state index is 12.5. The van der Waals surface area contributed by atoms with Gasteiger partial charge in [0.05, 0.1) is 12.6 Å². The number of para-hydroxylation sites is 1. The van der Waals surface area contributed by atoms with Crippen molar-refractivity contribution in [3.63, 3.8) is 0 Å². The molecule has 1 aromatic carbocycles. The van der Waals surface area contributed by atoms with Gasteiger partial charge >= 0.3 is 0 Å². The van der Waals surface area contributed by atoms with Crippen molar-refractivity contribution < 1.29 is 14.4 Å². The highest BCUT2D eigenvalue weighted by Gasteiger charge is 2.23. The van der Waals surface area contributed by atoms with E-state index in [4.69, 9.17) is 5.73 Å². The zero-order chi connectivity index (χ0) is 18.9. The lowest BCUT2D eigenvalue weighted by atomic mass is 10.1. The van der Waals surface area contributed by atoms with Gasteiger partial charge in [0.2, 0.25) is 11.8 Å². The number of hydrogen-bond donors (Lipinski definition) is 4. The van der Waals surface area contributed by atoms with Gasteiger partial charge < -0.3 is 26.1 Å². The quantitative estimate of drug-likeness (QED) is 0.453. The lowest BCUT2D eigenvalue weighted by molar-refractivity contribution is -0.129. The van der Waals surface area contributed by atoms with Crippen molar-refractivity contribution >= 4 is 40.8 Å². The molecule has 26 heavy (non-hydrogen) atoms. The minimum Gasteiger partial charge on any atom is -0.361 e. The lowest BCUT2D eigenvalue weighted by Gasteiger charge is -2.20. The van der Waals surface area contributed by atoms with Gasteiger partial charge in [0.1, 0.15) is 12.3 Å². The van der Waals surface area contributed by atoms with Crippen molar-refractivity contribution in [2.45, 2.75) is 24.9 Å². The number of benzene rings is 1. The van der Waals surface area contributed by atoms with E-state index in [2.05, 4.69) is 15.6 Å². The van der Waals surface area contributed by atoms with E-state index in [1.807, 2.05) is 36.7 Å². The summed E-state index contributed by atoms with van der Waals surface area (Å²) in [5.41, 5.74) is 7.24. The van der Waals surface area contributed by atoms with Crippen LogP contribution in [0.2, 0.25) is 0 Å². The van der Waals surface area contributed by atoms with Gasteiger partial charge in [-0.25, -0.2) is 0 Å². The average molecular weight is 376 g/mol. The Balaban J connectivity index is 2.05. The molecular formula is C18H24N4O3S. The number of aromatic amines is 1. The van der Waals surface area contributed by atoms with Gasteiger partial charge in [0.15, 0.2) is 0 Å². The van der Waals surface area contributed by atoms with E-state index in [1.54, 1.807) is 11.8 Å². The Bertz CT molecular complexity index is 762. The maximum atomic E-state index is 12.5. The predicted molar refractivity (Wildman–Crippen MR) is 104 cm³/mol. The van der Waals surface area contributed by atoms with Crippen LogP contribution in [0.4, 0.5) is 0 Å². The van der Waals surface area contributed by atoms with Crippen LogP contribution in [0.1, 0.15) is 12.0 Å². The number of H-pyrrole nitrogens is 1. The summed E-state index contributed by atoms with van der Waals surface area (Å²) in [6.45, 7) is -0.185. The molecule has 0 aliphatic carbocycles. The molecule has 0 aliphatic rings. The van der Waals surface area contributed by atoms with Gasteiger partial charge in [-0.15, -0.1) is 0 Å². The highest BCUT2D eigenvalue weighted by molar-refractivity contribution is 7.98. The van der Waals surface area contributed by atoms with Crippen molar-refractivity contribution in [3.05, 3.63) is 36.0 Å². The van der Waals surface area contributed by atoms with E-state index in [-0.39, 0.29) is 12.5 Å². The minimum absolute atomic E-state index is 0.185. The Morgan fingerprint density at radius 2 is 2.08 bits per heavy atom. The number of thioether (sulfide) groups is 1. The van der Waals surface area contributed by atoms with E-state index in [9.17, 15) is 14.4 Å². The lowest BCUT2D eigenvalue weighted by Crippen LogP contribution is -2.51. The summed E-state index contributed by atoms with van der Waals surface area (Å²) >= 11 is 1.58. The number of nitrogens with two attached hydrogens (primary N) is 1. The molecule has 2 rings (SSSR count). The largest absolute Gasteiger partial charge is 0.361 e. The first-order valence-corrected chi connectivity index (χ1v) is 9.77. The summed E-state index contributed by atoms with van der Waals surface area (Å²) in [5, 5.41) is 6.35. The molecule has 8 heteroatoms. The van der Waals surface area contributed by atoms with Crippen LogP contribution in [0, 0.1) is 0 Å². The monoisotopic (exact) mass is 376 g/mol. The molecule has 2 aromatic rings. The van der Waals surface area contributed by atoms with E-state index >= 15 is 0 Å². The number of rotatable bonds is 10. The van der Waals surface area contributed by atoms with Crippen LogP contribution in [0.25, 0.3) is 10.9 Å². The van der Waals surface area contributed by atoms with Crippen LogP contribution >= 0.6 is 11.8 Å². The molecule has 1 aromatic heterocycles. The second-order valence-electron chi connectivity index (χ2n) is 5.92. The highest BCUT2D eigenvalue weighted by Crippen LogP contribution is 2.18. The Kier molecular flexibility index (Phi) is 7.68. The topological polar surface area (TPSA) is 117 Å². The predicted octanol–water partition coefficient (Wildman–Crippen LogP) is 0.591. The Morgan fingerprint density at radius 1 is 1.31 bits per heavy atom. The molecule has 1 heterocycles. The zero-order valence-corrected chi connectivity index (χ0v) is 15.5. The fourth-order valence-corrected chi connectivity index (χ4v) is 3.18. The SMILES string of the molecule is CSCC[C@H](NC(=O)CN)C(=O)N[C@H](C=O)Cc1c[nH]c2ccccc12. The second kappa shape index (κ2) is 9.98. The molecular weight excluding hydrogens is 352 g/mol. The average Bonchev–Trinajstić information content (AvgIpc) is 3.07. The zero-order valence-electron chi connectivity index (χ0n) is 14.7. The van der Waals surface area contributed by atoms with Crippen LogP contribution in [-0.2, 0) is 20.8 Å². The van der Waals surface area contributed by atoms with E-state index in [0.29, 0.717) is 18.6 Å². The molecule has 140 valence electrons. The second-order valence-corrected chi connectivity index (χ2v) is 6.91. The third-order valence-corrected chi connectivity index (χ3v) is 4.70. The first kappa shape index (κ1) is 20.0. The first-order valence-electron chi connectivity index (χ1n) is 8.38. The Labute approximate surface area is 156 Å². The van der Waals surface area contributed by atoms with E-state index in [1.165, 1.54) is 0 Å². The molecule has 0 saturated carbocycles. The van der Waals surface area contributed by atoms with E-state index in [0.717, 1.165) is 22.8 Å². The highest BCUT2D eigenvalue weighted by atomic mass is 32.2. The van der Waals surface area contributed by atoms with Gasteiger partial charge in [-0.2, -0.15) is 11.8 Å². The third-order valence-electron chi connectivity index (χ3n) is 4.05. The maximum Gasteiger partial charge on any atom is 0.243 e. The molecule has 0 radical (unpaired) electrons. The molecule has 0 unspecified atom stereocenters. The number of aldehydes is 1. The van der Waals surface area contributed by atoms with Gasteiger partial charge in [0, 0.05) is 23.5 Å². The summed E-state index contributed by atoms with van der Waals surface area (Å²) in [4.78, 5) is 38.7. The van der Waals surface area contributed by atoms with Gasteiger partial charge in [-0.3, -0.25) is 9.59 Å². The summed E-state index contributed by atoms with van der Waals surface area (Å²) in [6.07, 6.45) is 5.33. The molecule has 0 aliphatic heterocycles. The molecule has 5 N–H and O–H groups in total. The molecule has 0 spiro atoms. The van der Waals surface area contributed by atoms with Crippen molar-refractivity contribution in [3.8, 4) is 0 Å². The number of fused-ring (bicyclic) bond motifs is 1. The number of carbonyl (C=O) groups is 3. The fraction of sp³-hybridized carbons (Fsp3) is 0.389. The van der Waals surface area contributed by atoms with Crippen molar-refractivity contribution in [2.24, 2.45) is 5.73 Å². The van der Waals surface area contributed by atoms with Gasteiger partial charge in [0.25, 0.3) is 0 Å². The Hall–Kier alpha value is -2.32. The molecule has 7 nitrogen and oxygen atoms in total. The third kappa shape index (κ3) is 5.34. The fourth-order valence-electron chi connectivity index (χ4n) is 2.71. The summed E-state index contributed by atoms with van der Waals surface area (Å²) in [5.74, 6) is -0.0692. The van der Waals surface area contributed by atoms with Crippen molar-refractivity contribution in [2.75, 3.05) is 18.6 Å². The number of carbonyl (C=O) groups excluding carboxylic acids is 3. The number of hydrogen-bond acceptors (Lipinski definition) is 5. The molecule has 0 bridgehead atoms. The van der Waals surface area contributed by atoms with Crippen LogP contribution in [0.3, 0.4) is 0 Å². The normalized spacial score (nSPS) is 13.2. The summed E-state index contributed by atoms with van der Waals surface area (Å²) < 4.78 is 0. The molecule has 0 fully saturated rings. The molecule has 2 atom stereocenters. The number of amides is 2. The van der Waals surface area contributed by atoms with Gasteiger partial charge in [-0.1, -0.05) is 18.2 Å². The smallest absolute Gasteiger partial charge is 0.243 e. The van der Waals surface area contributed by atoms with Crippen LogP contribution in [0.15, 0.2) is 30.5 Å². The van der Waals surface area contributed by atoms with Crippen LogP contribution in [0.5, 0.6) is 0 Å². The van der Waals surface area contributed by atoms with Crippen LogP contribution < -0.4 is 16.4 Å². The number of nitrogens with one attached hydrogen (secondary N) is 3. The standard InChI is InChI=1S/C18H24N4O3S/c1-26-7-6-16(22-17(24)9-19)18(25)21-13(11-23)8-12-10-20-15-5-3-2-4-14(12)15/h2-5,10-11,13,16,20H,6-9,19H2,1H3,(H,21,25)(H,22,24)/t13-,16-/m0/s1. The van der Waals surface area contributed by atoms with Crippen molar-refractivity contribution in [1.29, 1.82) is 0 Å². The Morgan fingerprint density at radius 3 is 2.77 bits per heavy atom. The van der Waals surface area contributed by atoms with E-state index < -0.39 is 18.0 Å². The van der Waals surface area contributed by atoms with Crippen LogP contribution in [-0.4, -0.2) is 53.7 Å². The minimum atomic E-state index is -0.705. The molecule has 0 saturated heterocycles. The molecule has 2 amide bonds. The summed E-state index contributed by atoms with van der Waals surface area (Å²) in [6, 6.07) is 6.39. The van der Waals surface area contributed by atoms with Crippen molar-refractivity contribution in [1.82, 2.24) is 15.6 Å². The first-order chi connectivity index (χ1) is 12.6.